The third-order valence-corrected chi connectivity index (χ3v) is 4.28. The highest BCUT2D eigenvalue weighted by atomic mass is 16.1. The molecule has 0 atom stereocenters. The average Bonchev–Trinajstić information content (AvgIpc) is 2.52. The number of carbonyl (C=O) groups excluding carboxylic acids is 1. The van der Waals surface area contributed by atoms with E-state index in [1.54, 1.807) is 0 Å². The van der Waals surface area contributed by atoms with Crippen molar-refractivity contribution in [2.24, 2.45) is 0 Å². The van der Waals surface area contributed by atoms with Gasteiger partial charge in [0, 0.05) is 12.8 Å². The van der Waals surface area contributed by atoms with Crippen LogP contribution in [-0.2, 0) is 4.79 Å². The van der Waals surface area contributed by atoms with E-state index in [0.717, 1.165) is 32.1 Å². The Labute approximate surface area is 140 Å². The van der Waals surface area contributed by atoms with Crippen molar-refractivity contribution < 1.29 is 4.79 Å². The van der Waals surface area contributed by atoms with Crippen LogP contribution >= 0.6 is 0 Å². The van der Waals surface area contributed by atoms with Gasteiger partial charge in [-0.3, -0.25) is 4.79 Å². The SMILES string of the molecule is CCCCCC=CCCCC(=O)CCCCCCCCCC. The van der Waals surface area contributed by atoms with Gasteiger partial charge in [0.1, 0.15) is 5.78 Å². The third-order valence-electron chi connectivity index (χ3n) is 4.28. The van der Waals surface area contributed by atoms with Crippen LogP contribution < -0.4 is 0 Å². The molecular formula is C21H40O. The van der Waals surface area contributed by atoms with Gasteiger partial charge < -0.3 is 0 Å². The second-order valence-corrected chi connectivity index (χ2v) is 6.62. The highest BCUT2D eigenvalue weighted by molar-refractivity contribution is 5.78. The molecule has 0 aromatic carbocycles. The zero-order chi connectivity index (χ0) is 16.3. The van der Waals surface area contributed by atoms with Gasteiger partial charge in [-0.25, -0.2) is 0 Å². The van der Waals surface area contributed by atoms with E-state index in [1.165, 1.54) is 70.6 Å². The van der Waals surface area contributed by atoms with Crippen LogP contribution in [0.2, 0.25) is 0 Å². The Kier molecular flexibility index (Phi) is 18.0. The fourth-order valence-corrected chi connectivity index (χ4v) is 2.75. The summed E-state index contributed by atoms with van der Waals surface area (Å²) in [6.07, 6.45) is 23.9. The lowest BCUT2D eigenvalue weighted by molar-refractivity contribution is -0.119. The minimum Gasteiger partial charge on any atom is -0.300 e. The maximum atomic E-state index is 11.8. The molecule has 0 heterocycles. The molecule has 0 saturated carbocycles. The van der Waals surface area contributed by atoms with Crippen LogP contribution in [0.1, 0.15) is 117 Å². The van der Waals surface area contributed by atoms with E-state index in [2.05, 4.69) is 26.0 Å². The second-order valence-electron chi connectivity index (χ2n) is 6.62. The normalized spacial score (nSPS) is 11.4. The average molecular weight is 309 g/mol. The van der Waals surface area contributed by atoms with Gasteiger partial charge in [0.2, 0.25) is 0 Å². The van der Waals surface area contributed by atoms with Gasteiger partial charge in [0.15, 0.2) is 0 Å². The molecule has 0 aromatic rings. The summed E-state index contributed by atoms with van der Waals surface area (Å²) in [5.74, 6) is 0.477. The van der Waals surface area contributed by atoms with Crippen LogP contribution in [-0.4, -0.2) is 5.78 Å². The van der Waals surface area contributed by atoms with Crippen molar-refractivity contribution in [3.63, 3.8) is 0 Å². The predicted octanol–water partition coefficient (Wildman–Crippen LogP) is 7.39. The van der Waals surface area contributed by atoms with Crippen molar-refractivity contribution in [3.8, 4) is 0 Å². The molecule has 1 heteroatoms. The number of hydrogen-bond acceptors (Lipinski definition) is 1. The van der Waals surface area contributed by atoms with Crippen LogP contribution in [0.25, 0.3) is 0 Å². The number of rotatable bonds is 17. The highest BCUT2D eigenvalue weighted by Crippen LogP contribution is 2.11. The second kappa shape index (κ2) is 18.5. The lowest BCUT2D eigenvalue weighted by Gasteiger charge is -2.02. The molecule has 0 N–H and O–H groups in total. The van der Waals surface area contributed by atoms with E-state index in [9.17, 15) is 4.79 Å². The molecule has 0 saturated heterocycles. The molecular weight excluding hydrogens is 268 g/mol. The molecule has 0 amide bonds. The van der Waals surface area contributed by atoms with E-state index >= 15 is 0 Å². The van der Waals surface area contributed by atoms with Crippen LogP contribution in [0.3, 0.4) is 0 Å². The summed E-state index contributed by atoms with van der Waals surface area (Å²) in [5, 5.41) is 0. The molecule has 22 heavy (non-hydrogen) atoms. The molecule has 130 valence electrons. The molecule has 0 fully saturated rings. The van der Waals surface area contributed by atoms with Crippen LogP contribution in [0, 0.1) is 0 Å². The number of ketones is 1. The van der Waals surface area contributed by atoms with Crippen molar-refractivity contribution in [1.82, 2.24) is 0 Å². The summed E-state index contributed by atoms with van der Waals surface area (Å²) in [6, 6.07) is 0. The standard InChI is InChI=1S/C21H40O/c1-3-5-7-9-11-13-15-17-19-21(22)20-18-16-14-12-10-8-6-4-2/h11,13H,3-10,12,14-20H2,1-2H3. The molecule has 0 aliphatic rings. The zero-order valence-electron chi connectivity index (χ0n) is 15.4. The van der Waals surface area contributed by atoms with E-state index in [1.807, 2.05) is 0 Å². The fraction of sp³-hybridized carbons (Fsp3) is 0.857. The van der Waals surface area contributed by atoms with Crippen LogP contribution in [0.4, 0.5) is 0 Å². The molecule has 0 radical (unpaired) electrons. The third kappa shape index (κ3) is 17.5. The topological polar surface area (TPSA) is 17.1 Å². The molecule has 0 aliphatic carbocycles. The van der Waals surface area contributed by atoms with E-state index in [4.69, 9.17) is 0 Å². The summed E-state index contributed by atoms with van der Waals surface area (Å²) in [7, 11) is 0. The maximum Gasteiger partial charge on any atom is 0.132 e. The van der Waals surface area contributed by atoms with E-state index in [0.29, 0.717) is 5.78 Å². The van der Waals surface area contributed by atoms with E-state index in [-0.39, 0.29) is 0 Å². The molecule has 0 bridgehead atoms. The first-order valence-corrected chi connectivity index (χ1v) is 9.98. The first kappa shape index (κ1) is 21.4. The zero-order valence-corrected chi connectivity index (χ0v) is 15.4. The number of carbonyl (C=O) groups is 1. The lowest BCUT2D eigenvalue weighted by Crippen LogP contribution is -1.97. The summed E-state index contributed by atoms with van der Waals surface area (Å²) >= 11 is 0. The Balaban J connectivity index is 3.22. The molecule has 0 rings (SSSR count). The number of Topliss-reactive ketones (excluding diaryl/α,β-unsaturated/α-hetero) is 1. The minimum atomic E-state index is 0.477. The first-order valence-electron chi connectivity index (χ1n) is 9.98. The summed E-state index contributed by atoms with van der Waals surface area (Å²) in [5.41, 5.74) is 0. The van der Waals surface area contributed by atoms with Gasteiger partial charge >= 0.3 is 0 Å². The summed E-state index contributed by atoms with van der Waals surface area (Å²) in [6.45, 7) is 4.50. The van der Waals surface area contributed by atoms with Crippen LogP contribution in [0.5, 0.6) is 0 Å². The fourth-order valence-electron chi connectivity index (χ4n) is 2.75. The van der Waals surface area contributed by atoms with Gasteiger partial charge in [0.25, 0.3) is 0 Å². The van der Waals surface area contributed by atoms with Crippen molar-refractivity contribution in [2.75, 3.05) is 0 Å². The Morgan fingerprint density at radius 3 is 1.68 bits per heavy atom. The molecule has 0 aliphatic heterocycles. The summed E-state index contributed by atoms with van der Waals surface area (Å²) in [4.78, 5) is 11.8. The minimum absolute atomic E-state index is 0.477. The number of allylic oxidation sites excluding steroid dienone is 2. The van der Waals surface area contributed by atoms with Crippen molar-refractivity contribution >= 4 is 5.78 Å². The van der Waals surface area contributed by atoms with Gasteiger partial charge in [-0.15, -0.1) is 0 Å². The van der Waals surface area contributed by atoms with Crippen molar-refractivity contribution in [1.29, 1.82) is 0 Å². The van der Waals surface area contributed by atoms with Crippen LogP contribution in [0.15, 0.2) is 12.2 Å². The largest absolute Gasteiger partial charge is 0.300 e. The van der Waals surface area contributed by atoms with Crippen molar-refractivity contribution in [2.45, 2.75) is 117 Å². The van der Waals surface area contributed by atoms with Gasteiger partial charge in [-0.2, -0.15) is 0 Å². The molecule has 0 unspecified atom stereocenters. The van der Waals surface area contributed by atoms with Crippen molar-refractivity contribution in [3.05, 3.63) is 12.2 Å². The lowest BCUT2D eigenvalue weighted by atomic mass is 10.0. The molecule has 0 aromatic heterocycles. The molecule has 1 nitrogen and oxygen atoms in total. The number of unbranched alkanes of at least 4 members (excludes halogenated alkanes) is 11. The highest BCUT2D eigenvalue weighted by Gasteiger charge is 2.01. The Hall–Kier alpha value is -0.590. The quantitative estimate of drug-likeness (QED) is 0.202. The smallest absolute Gasteiger partial charge is 0.132 e. The first-order chi connectivity index (χ1) is 10.8. The maximum absolute atomic E-state index is 11.8. The Morgan fingerprint density at radius 2 is 1.05 bits per heavy atom. The predicted molar refractivity (Wildman–Crippen MR) is 99.4 cm³/mol. The summed E-state index contributed by atoms with van der Waals surface area (Å²) < 4.78 is 0. The van der Waals surface area contributed by atoms with Gasteiger partial charge in [-0.1, -0.05) is 83.8 Å². The van der Waals surface area contributed by atoms with Gasteiger partial charge in [0.05, 0.1) is 0 Å². The monoisotopic (exact) mass is 308 g/mol. The van der Waals surface area contributed by atoms with E-state index < -0.39 is 0 Å². The van der Waals surface area contributed by atoms with Gasteiger partial charge in [-0.05, 0) is 32.1 Å². The number of hydrogen-bond donors (Lipinski definition) is 0. The Morgan fingerprint density at radius 1 is 0.591 bits per heavy atom. The molecule has 0 spiro atoms. The Bertz CT molecular complexity index is 255.